The van der Waals surface area contributed by atoms with E-state index in [4.69, 9.17) is 0 Å². The molecular weight excluding hydrogens is 490 g/mol. The summed E-state index contributed by atoms with van der Waals surface area (Å²) in [6.45, 7) is 5.53. The van der Waals surface area contributed by atoms with Crippen LogP contribution in [-0.4, -0.2) is 34.5 Å². The predicted octanol–water partition coefficient (Wildman–Crippen LogP) is 3.86. The molecule has 1 aromatic heterocycles. The van der Waals surface area contributed by atoms with Gasteiger partial charge >= 0.3 is 5.69 Å². The molecule has 1 saturated carbocycles. The summed E-state index contributed by atoms with van der Waals surface area (Å²) in [5.74, 6) is -0.449. The van der Waals surface area contributed by atoms with Crippen molar-refractivity contribution in [2.75, 3.05) is 11.1 Å². The van der Waals surface area contributed by atoms with Gasteiger partial charge in [-0.2, -0.15) is 0 Å². The number of carbonyl (C=O) groups excluding carboxylic acids is 1. The van der Waals surface area contributed by atoms with Crippen LogP contribution < -0.4 is 16.6 Å². The van der Waals surface area contributed by atoms with Crippen LogP contribution in [0.2, 0.25) is 0 Å². The van der Waals surface area contributed by atoms with Gasteiger partial charge in [0.05, 0.1) is 21.9 Å². The molecule has 3 aromatic rings. The van der Waals surface area contributed by atoms with Gasteiger partial charge in [-0.3, -0.25) is 18.7 Å². The molecule has 2 aromatic carbocycles. The lowest BCUT2D eigenvalue weighted by Crippen LogP contribution is -2.42. The number of hydrogen-bond donors (Lipinski definition) is 1. The molecule has 1 N–H and O–H groups in total. The third-order valence-corrected chi connectivity index (χ3v) is 9.59. The lowest BCUT2D eigenvalue weighted by Gasteiger charge is -2.21. The van der Waals surface area contributed by atoms with Crippen molar-refractivity contribution in [3.63, 3.8) is 0 Å². The monoisotopic (exact) mass is 525 g/mol. The Morgan fingerprint density at radius 3 is 2.30 bits per heavy atom. The van der Waals surface area contributed by atoms with Gasteiger partial charge in [0.15, 0.2) is 9.84 Å². The summed E-state index contributed by atoms with van der Waals surface area (Å²) >= 11 is 0. The van der Waals surface area contributed by atoms with Crippen molar-refractivity contribution in [3.8, 4) is 0 Å². The first kappa shape index (κ1) is 26.9. The molecule has 1 amide bonds. The first-order valence-electron chi connectivity index (χ1n) is 12.9. The number of nitrogens with zero attached hydrogens (tertiary/aromatic N) is 2. The number of aryl methyl sites for hydroxylation is 3. The summed E-state index contributed by atoms with van der Waals surface area (Å²) in [4.78, 5) is 39.6. The van der Waals surface area contributed by atoms with Crippen LogP contribution in [-0.2, 0) is 27.7 Å². The summed E-state index contributed by atoms with van der Waals surface area (Å²) in [6.07, 6.45) is 4.43. The normalized spacial score (nSPS) is 14.7. The quantitative estimate of drug-likeness (QED) is 0.481. The van der Waals surface area contributed by atoms with Crippen LogP contribution in [0.1, 0.15) is 55.2 Å². The van der Waals surface area contributed by atoms with Gasteiger partial charge in [0, 0.05) is 12.2 Å². The number of para-hydroxylation sites is 1. The van der Waals surface area contributed by atoms with Crippen molar-refractivity contribution >= 4 is 32.3 Å². The number of aromatic nitrogens is 2. The van der Waals surface area contributed by atoms with E-state index in [1.807, 2.05) is 32.9 Å². The number of benzene rings is 2. The van der Waals surface area contributed by atoms with Crippen LogP contribution in [0.3, 0.4) is 0 Å². The van der Waals surface area contributed by atoms with Crippen LogP contribution in [0.15, 0.2) is 46.0 Å². The van der Waals surface area contributed by atoms with E-state index in [0.717, 1.165) is 40.5 Å². The van der Waals surface area contributed by atoms with Gasteiger partial charge in [-0.1, -0.05) is 49.1 Å². The van der Waals surface area contributed by atoms with Gasteiger partial charge in [0.25, 0.3) is 5.56 Å². The van der Waals surface area contributed by atoms with Gasteiger partial charge in [-0.05, 0) is 63.3 Å². The maximum absolute atomic E-state index is 13.4. The van der Waals surface area contributed by atoms with E-state index >= 15 is 0 Å². The lowest BCUT2D eigenvalue weighted by atomic mass is 10.0. The Labute approximate surface area is 217 Å². The highest BCUT2D eigenvalue weighted by Gasteiger charge is 2.27. The fourth-order valence-electron chi connectivity index (χ4n) is 5.44. The smallest absolute Gasteiger partial charge is 0.324 e. The minimum absolute atomic E-state index is 0.0216. The highest BCUT2D eigenvalue weighted by Crippen LogP contribution is 2.25. The van der Waals surface area contributed by atoms with Crippen molar-refractivity contribution in [2.24, 2.45) is 0 Å². The van der Waals surface area contributed by atoms with Crippen molar-refractivity contribution < 1.29 is 13.2 Å². The minimum Gasteiger partial charge on any atom is -0.324 e. The van der Waals surface area contributed by atoms with Crippen LogP contribution in [0.25, 0.3) is 10.9 Å². The number of anilines is 1. The molecule has 1 fully saturated rings. The maximum atomic E-state index is 13.4. The Balaban J connectivity index is 1.60. The van der Waals surface area contributed by atoms with E-state index in [2.05, 4.69) is 5.32 Å². The second-order valence-electron chi connectivity index (χ2n) is 10.1. The average Bonchev–Trinajstić information content (AvgIpc) is 2.86. The fourth-order valence-corrected chi connectivity index (χ4v) is 7.35. The van der Waals surface area contributed by atoms with Crippen molar-refractivity contribution in [3.05, 3.63) is 73.9 Å². The number of amides is 1. The van der Waals surface area contributed by atoms with Crippen molar-refractivity contribution in [1.29, 1.82) is 0 Å². The van der Waals surface area contributed by atoms with Gasteiger partial charge < -0.3 is 5.32 Å². The number of fused-ring (bicyclic) bond motifs is 1. The molecule has 8 nitrogen and oxygen atoms in total. The Morgan fingerprint density at radius 1 is 0.973 bits per heavy atom. The van der Waals surface area contributed by atoms with Crippen LogP contribution >= 0.6 is 0 Å². The highest BCUT2D eigenvalue weighted by atomic mass is 32.2. The van der Waals surface area contributed by atoms with E-state index in [1.165, 1.54) is 4.57 Å². The summed E-state index contributed by atoms with van der Waals surface area (Å²) in [5, 5.41) is 2.90. The van der Waals surface area contributed by atoms with Crippen molar-refractivity contribution in [2.45, 2.75) is 77.6 Å². The standard InChI is InChI=1S/C28H35N3O5S/c1-19-16-20(2)26(21(3)17-19)29-25(32)18-31-24-13-8-7-12-23(24)27(33)30(28(31)34)14-9-15-37(35,36)22-10-5-4-6-11-22/h7-8,12-13,16-17,22H,4-6,9-11,14-15,18H2,1-3H3,(H,29,32). The van der Waals surface area contributed by atoms with Crippen LogP contribution in [0.5, 0.6) is 0 Å². The Kier molecular flexibility index (Phi) is 8.02. The molecule has 1 aliphatic carbocycles. The van der Waals surface area contributed by atoms with Gasteiger partial charge in [0.1, 0.15) is 6.54 Å². The molecule has 0 saturated heterocycles. The molecule has 9 heteroatoms. The third-order valence-electron chi connectivity index (χ3n) is 7.25. The number of hydrogen-bond acceptors (Lipinski definition) is 5. The zero-order valence-corrected chi connectivity index (χ0v) is 22.6. The van der Waals surface area contributed by atoms with Crippen LogP contribution in [0.4, 0.5) is 5.69 Å². The lowest BCUT2D eigenvalue weighted by molar-refractivity contribution is -0.116. The first-order valence-corrected chi connectivity index (χ1v) is 14.6. The molecule has 37 heavy (non-hydrogen) atoms. The molecule has 0 radical (unpaired) electrons. The summed E-state index contributed by atoms with van der Waals surface area (Å²) in [6, 6.07) is 10.6. The Hall–Kier alpha value is -3.20. The highest BCUT2D eigenvalue weighted by molar-refractivity contribution is 7.92. The first-order chi connectivity index (χ1) is 17.6. The van der Waals surface area contributed by atoms with Gasteiger partial charge in [-0.25, -0.2) is 13.2 Å². The zero-order valence-electron chi connectivity index (χ0n) is 21.7. The molecule has 198 valence electrons. The van der Waals surface area contributed by atoms with Gasteiger partial charge in [0.2, 0.25) is 5.91 Å². The topological polar surface area (TPSA) is 107 Å². The minimum atomic E-state index is -3.29. The molecule has 0 unspecified atom stereocenters. The Bertz CT molecular complexity index is 1520. The predicted molar refractivity (Wildman–Crippen MR) is 147 cm³/mol. The average molecular weight is 526 g/mol. The fraction of sp³-hybridized carbons (Fsp3) is 0.464. The molecule has 0 spiro atoms. The molecule has 4 rings (SSSR count). The summed E-state index contributed by atoms with van der Waals surface area (Å²) in [5.41, 5.74) is 2.92. The number of rotatable bonds is 8. The van der Waals surface area contributed by atoms with Crippen LogP contribution in [0, 0.1) is 20.8 Å². The van der Waals surface area contributed by atoms with E-state index < -0.39 is 21.1 Å². The van der Waals surface area contributed by atoms with E-state index in [9.17, 15) is 22.8 Å². The number of carbonyl (C=O) groups is 1. The van der Waals surface area contributed by atoms with E-state index in [1.54, 1.807) is 24.3 Å². The van der Waals surface area contributed by atoms with Crippen molar-refractivity contribution in [1.82, 2.24) is 9.13 Å². The molecule has 1 aliphatic rings. The molecule has 0 bridgehead atoms. The molecule has 1 heterocycles. The molecule has 0 atom stereocenters. The van der Waals surface area contributed by atoms with E-state index in [-0.39, 0.29) is 36.4 Å². The number of nitrogens with one attached hydrogen (secondary N) is 1. The SMILES string of the molecule is Cc1cc(C)c(NC(=O)Cn2c(=O)n(CCCS(=O)(=O)C3CCCCC3)c(=O)c3ccccc32)c(C)c1. The Morgan fingerprint density at radius 2 is 1.62 bits per heavy atom. The third kappa shape index (κ3) is 5.87. The largest absolute Gasteiger partial charge is 0.331 e. The maximum Gasteiger partial charge on any atom is 0.331 e. The molecular formula is C28H35N3O5S. The van der Waals surface area contributed by atoms with Gasteiger partial charge in [-0.15, -0.1) is 0 Å². The second kappa shape index (κ2) is 11.0. The summed E-state index contributed by atoms with van der Waals surface area (Å²) in [7, 11) is -3.29. The zero-order chi connectivity index (χ0) is 26.7. The van der Waals surface area contributed by atoms with E-state index in [0.29, 0.717) is 29.4 Å². The molecule has 0 aliphatic heterocycles. The number of sulfone groups is 1. The second-order valence-corrected chi connectivity index (χ2v) is 12.5. The summed E-state index contributed by atoms with van der Waals surface area (Å²) < 4.78 is 27.9.